The van der Waals surface area contributed by atoms with Crippen molar-refractivity contribution in [3.63, 3.8) is 0 Å². The SMILES string of the molecule is CCCN(C=O)C(C)(C(=O)O)c1ccccc1. The molecule has 0 radical (unpaired) electrons. The fourth-order valence-electron chi connectivity index (χ4n) is 1.80. The second-order valence-corrected chi connectivity index (χ2v) is 4.04. The number of carboxylic acid groups (broad SMARTS) is 1. The molecule has 0 bridgehead atoms. The van der Waals surface area contributed by atoms with E-state index < -0.39 is 11.5 Å². The number of hydrogen-bond acceptors (Lipinski definition) is 2. The molecule has 4 nitrogen and oxygen atoms in total. The van der Waals surface area contributed by atoms with Crippen LogP contribution < -0.4 is 0 Å². The Morgan fingerprint density at radius 1 is 1.41 bits per heavy atom. The molecule has 1 rings (SSSR count). The molecule has 0 spiro atoms. The molecule has 0 saturated heterocycles. The fourth-order valence-corrected chi connectivity index (χ4v) is 1.80. The Kier molecular flexibility index (Phi) is 4.26. The van der Waals surface area contributed by atoms with Gasteiger partial charge in [0.1, 0.15) is 0 Å². The summed E-state index contributed by atoms with van der Waals surface area (Å²) in [6.07, 6.45) is 1.32. The van der Waals surface area contributed by atoms with Crippen LogP contribution in [0.2, 0.25) is 0 Å². The first-order valence-electron chi connectivity index (χ1n) is 5.58. The van der Waals surface area contributed by atoms with Crippen LogP contribution in [0.1, 0.15) is 25.8 Å². The molecule has 0 fully saturated rings. The molecule has 0 aromatic heterocycles. The van der Waals surface area contributed by atoms with E-state index in [1.165, 1.54) is 4.90 Å². The van der Waals surface area contributed by atoms with Crippen molar-refractivity contribution in [3.05, 3.63) is 35.9 Å². The minimum atomic E-state index is -1.31. The minimum absolute atomic E-state index is 0.418. The van der Waals surface area contributed by atoms with Crippen LogP contribution in [0.15, 0.2) is 30.3 Å². The van der Waals surface area contributed by atoms with E-state index in [1.807, 2.05) is 13.0 Å². The maximum absolute atomic E-state index is 11.5. The number of benzene rings is 1. The first-order valence-corrected chi connectivity index (χ1v) is 5.58. The van der Waals surface area contributed by atoms with Gasteiger partial charge in [-0.25, -0.2) is 4.79 Å². The van der Waals surface area contributed by atoms with Gasteiger partial charge in [0.15, 0.2) is 5.54 Å². The van der Waals surface area contributed by atoms with Crippen molar-refractivity contribution < 1.29 is 14.7 Å². The van der Waals surface area contributed by atoms with E-state index in [0.717, 1.165) is 0 Å². The van der Waals surface area contributed by atoms with Gasteiger partial charge in [-0.2, -0.15) is 0 Å². The summed E-state index contributed by atoms with van der Waals surface area (Å²) in [5, 5.41) is 9.41. The summed E-state index contributed by atoms with van der Waals surface area (Å²) in [6, 6.07) is 8.80. The van der Waals surface area contributed by atoms with Crippen molar-refractivity contribution in [2.24, 2.45) is 0 Å². The van der Waals surface area contributed by atoms with E-state index >= 15 is 0 Å². The zero-order chi connectivity index (χ0) is 12.9. The molecule has 17 heavy (non-hydrogen) atoms. The van der Waals surface area contributed by atoms with E-state index in [1.54, 1.807) is 31.2 Å². The molecule has 0 aliphatic carbocycles. The van der Waals surface area contributed by atoms with Crippen LogP contribution >= 0.6 is 0 Å². The average Bonchev–Trinajstić information content (AvgIpc) is 2.35. The summed E-state index contributed by atoms with van der Waals surface area (Å²) in [4.78, 5) is 23.9. The quantitative estimate of drug-likeness (QED) is 0.765. The van der Waals surface area contributed by atoms with Crippen LogP contribution in [0.4, 0.5) is 0 Å². The molecular formula is C13H17NO3. The molecule has 0 saturated carbocycles. The Morgan fingerprint density at radius 3 is 2.41 bits per heavy atom. The highest BCUT2D eigenvalue weighted by Crippen LogP contribution is 2.27. The summed E-state index contributed by atoms with van der Waals surface area (Å²) >= 11 is 0. The molecule has 0 heterocycles. The van der Waals surface area contributed by atoms with E-state index in [4.69, 9.17) is 0 Å². The third kappa shape index (κ3) is 2.46. The zero-order valence-corrected chi connectivity index (χ0v) is 10.1. The molecule has 1 atom stereocenters. The third-order valence-corrected chi connectivity index (χ3v) is 2.92. The normalized spacial score (nSPS) is 13.8. The van der Waals surface area contributed by atoms with Gasteiger partial charge in [-0.1, -0.05) is 37.3 Å². The summed E-state index contributed by atoms with van der Waals surface area (Å²) in [7, 11) is 0. The number of hydrogen-bond donors (Lipinski definition) is 1. The van der Waals surface area contributed by atoms with Gasteiger partial charge >= 0.3 is 5.97 Å². The number of amides is 1. The number of carbonyl (C=O) groups excluding carboxylic acids is 1. The van der Waals surface area contributed by atoms with Crippen molar-refractivity contribution in [2.45, 2.75) is 25.8 Å². The summed E-state index contributed by atoms with van der Waals surface area (Å²) < 4.78 is 0. The first kappa shape index (κ1) is 13.2. The van der Waals surface area contributed by atoms with Gasteiger partial charge in [-0.15, -0.1) is 0 Å². The van der Waals surface area contributed by atoms with Crippen molar-refractivity contribution in [1.29, 1.82) is 0 Å². The van der Waals surface area contributed by atoms with E-state index in [9.17, 15) is 14.7 Å². The van der Waals surface area contributed by atoms with E-state index in [-0.39, 0.29) is 0 Å². The average molecular weight is 235 g/mol. The largest absolute Gasteiger partial charge is 0.479 e. The highest BCUT2D eigenvalue weighted by Gasteiger charge is 2.40. The molecule has 4 heteroatoms. The summed E-state index contributed by atoms with van der Waals surface area (Å²) in [6.45, 7) is 3.87. The Morgan fingerprint density at radius 2 is 2.00 bits per heavy atom. The summed E-state index contributed by atoms with van der Waals surface area (Å²) in [5.74, 6) is -1.02. The van der Waals surface area contributed by atoms with Gasteiger partial charge in [-0.3, -0.25) is 4.79 Å². The Labute approximate surface area is 101 Å². The van der Waals surface area contributed by atoms with Gasteiger partial charge in [-0.05, 0) is 18.9 Å². The van der Waals surface area contributed by atoms with Crippen molar-refractivity contribution >= 4 is 12.4 Å². The number of carboxylic acids is 1. The molecule has 1 aromatic rings. The highest BCUT2D eigenvalue weighted by atomic mass is 16.4. The second-order valence-electron chi connectivity index (χ2n) is 4.04. The van der Waals surface area contributed by atoms with Gasteiger partial charge in [0, 0.05) is 6.54 Å². The molecule has 0 aliphatic heterocycles. The van der Waals surface area contributed by atoms with E-state index in [0.29, 0.717) is 24.9 Å². The van der Waals surface area contributed by atoms with Gasteiger partial charge in [0.2, 0.25) is 6.41 Å². The maximum Gasteiger partial charge on any atom is 0.334 e. The van der Waals surface area contributed by atoms with Crippen LogP contribution in [0.5, 0.6) is 0 Å². The lowest BCUT2D eigenvalue weighted by molar-refractivity contribution is -0.154. The highest BCUT2D eigenvalue weighted by molar-refractivity contribution is 5.82. The topological polar surface area (TPSA) is 57.6 Å². The summed E-state index contributed by atoms with van der Waals surface area (Å²) in [5.41, 5.74) is -0.702. The molecule has 92 valence electrons. The zero-order valence-electron chi connectivity index (χ0n) is 10.1. The number of rotatable bonds is 6. The molecule has 1 N–H and O–H groups in total. The Balaban J connectivity index is 3.22. The van der Waals surface area contributed by atoms with Crippen molar-refractivity contribution in [1.82, 2.24) is 4.90 Å². The number of nitrogens with zero attached hydrogens (tertiary/aromatic N) is 1. The van der Waals surface area contributed by atoms with Crippen LogP contribution in [0, 0.1) is 0 Å². The van der Waals surface area contributed by atoms with E-state index in [2.05, 4.69) is 0 Å². The van der Waals surface area contributed by atoms with Crippen molar-refractivity contribution in [2.75, 3.05) is 6.54 Å². The van der Waals surface area contributed by atoms with Crippen LogP contribution in [-0.4, -0.2) is 28.9 Å². The first-order chi connectivity index (χ1) is 8.07. The molecule has 1 amide bonds. The standard InChI is InChI=1S/C13H17NO3/c1-3-9-14(10-15)13(2,12(16)17)11-7-5-4-6-8-11/h4-8,10H,3,9H2,1-2H3,(H,16,17). The molecule has 0 aliphatic rings. The smallest absolute Gasteiger partial charge is 0.334 e. The minimum Gasteiger partial charge on any atom is -0.479 e. The third-order valence-electron chi connectivity index (χ3n) is 2.92. The Hall–Kier alpha value is -1.84. The predicted octanol–water partition coefficient (Wildman–Crippen LogP) is 1.85. The lowest BCUT2D eigenvalue weighted by Crippen LogP contribution is -2.49. The van der Waals surface area contributed by atoms with Gasteiger partial charge in [0.25, 0.3) is 0 Å². The van der Waals surface area contributed by atoms with Crippen LogP contribution in [0.3, 0.4) is 0 Å². The number of carbonyl (C=O) groups is 2. The Bertz CT molecular complexity index is 391. The lowest BCUT2D eigenvalue weighted by atomic mass is 9.90. The van der Waals surface area contributed by atoms with Crippen LogP contribution in [0.25, 0.3) is 0 Å². The predicted molar refractivity (Wildman–Crippen MR) is 64.5 cm³/mol. The monoisotopic (exact) mass is 235 g/mol. The number of aliphatic carboxylic acids is 1. The molecule has 1 unspecified atom stereocenters. The van der Waals surface area contributed by atoms with Gasteiger partial charge in [0.05, 0.1) is 0 Å². The van der Waals surface area contributed by atoms with Gasteiger partial charge < -0.3 is 10.0 Å². The maximum atomic E-state index is 11.5. The second kappa shape index (κ2) is 5.48. The molecular weight excluding hydrogens is 218 g/mol. The van der Waals surface area contributed by atoms with Crippen molar-refractivity contribution in [3.8, 4) is 0 Å². The van der Waals surface area contributed by atoms with Crippen LogP contribution in [-0.2, 0) is 15.1 Å². The lowest BCUT2D eigenvalue weighted by Gasteiger charge is -2.35. The molecule has 1 aromatic carbocycles. The fraction of sp³-hybridized carbons (Fsp3) is 0.385.